The summed E-state index contributed by atoms with van der Waals surface area (Å²) in [6, 6.07) is 0. The predicted octanol–water partition coefficient (Wildman–Crippen LogP) is 6.17. The third-order valence-electron chi connectivity index (χ3n) is 2.54. The maximum atomic E-state index is 11.6. The quantitative estimate of drug-likeness (QED) is 0.241. The molecule has 0 fully saturated rings. The van der Waals surface area contributed by atoms with Crippen molar-refractivity contribution in [2.75, 3.05) is 23.3 Å². The first-order chi connectivity index (χ1) is 9.77. The Morgan fingerprint density at radius 3 is 1.60 bits per heavy atom. The van der Waals surface area contributed by atoms with Crippen LogP contribution in [0, 0.1) is 0 Å². The number of unbranched alkanes of at least 4 members (excludes halogenated alkanes) is 4. The highest BCUT2D eigenvalue weighted by Gasteiger charge is 2.10. The lowest BCUT2D eigenvalue weighted by molar-refractivity contribution is 0.782. The highest BCUT2D eigenvalue weighted by molar-refractivity contribution is 8.04. The van der Waals surface area contributed by atoms with Crippen LogP contribution in [0.3, 0.4) is 0 Å². The zero-order valence-electron chi connectivity index (χ0n) is 11.4. The van der Waals surface area contributed by atoms with Crippen LogP contribution in [0.5, 0.6) is 0 Å². The lowest BCUT2D eigenvalue weighted by atomic mass is 10.3. The van der Waals surface area contributed by atoms with Gasteiger partial charge >= 0.3 is 0 Å². The van der Waals surface area contributed by atoms with Crippen LogP contribution < -0.4 is 4.06 Å². The lowest BCUT2D eigenvalue weighted by Gasteiger charge is -2.02. The first-order valence-corrected chi connectivity index (χ1v) is 11.5. The number of thioether (sulfide) groups is 2. The van der Waals surface area contributed by atoms with Gasteiger partial charge < -0.3 is 0 Å². The third-order valence-corrected chi connectivity index (χ3v) is 8.33. The predicted molar refractivity (Wildman–Crippen MR) is 99.1 cm³/mol. The number of hydrogen-bond donors (Lipinski definition) is 0. The average molecular weight is 391 g/mol. The van der Waals surface area contributed by atoms with Gasteiger partial charge in [-0.2, -0.15) is 0 Å². The number of alkyl halides is 2. The fourth-order valence-corrected chi connectivity index (χ4v) is 7.28. The van der Waals surface area contributed by atoms with Crippen molar-refractivity contribution in [2.45, 2.75) is 46.9 Å². The first kappa shape index (κ1) is 19.2. The SMILES string of the molecule is O=c1sc(SCCCCCCl)c(SCCCCCCl)s1. The summed E-state index contributed by atoms with van der Waals surface area (Å²) in [7, 11) is 0. The van der Waals surface area contributed by atoms with E-state index in [1.54, 1.807) is 0 Å². The molecule has 0 saturated heterocycles. The minimum absolute atomic E-state index is 0.219. The molecule has 0 spiro atoms. The van der Waals surface area contributed by atoms with Crippen molar-refractivity contribution in [2.24, 2.45) is 0 Å². The maximum Gasteiger partial charge on any atom is 0.289 e. The van der Waals surface area contributed by atoms with E-state index in [1.807, 2.05) is 23.5 Å². The Labute approximate surface area is 147 Å². The minimum atomic E-state index is 0.219. The summed E-state index contributed by atoms with van der Waals surface area (Å²) in [5.41, 5.74) is 0. The van der Waals surface area contributed by atoms with Crippen molar-refractivity contribution in [1.82, 2.24) is 0 Å². The fraction of sp³-hybridized carbons (Fsp3) is 0.769. The Kier molecular flexibility index (Phi) is 12.1. The van der Waals surface area contributed by atoms with Crippen molar-refractivity contribution in [3.63, 3.8) is 0 Å². The van der Waals surface area contributed by atoms with Gasteiger partial charge in [0.25, 0.3) is 4.06 Å². The summed E-state index contributed by atoms with van der Waals surface area (Å²) in [5, 5.41) is 0. The normalized spacial score (nSPS) is 11.1. The van der Waals surface area contributed by atoms with E-state index in [9.17, 15) is 4.79 Å². The Hall–Kier alpha value is 1.13. The second-order valence-electron chi connectivity index (χ2n) is 4.23. The molecule has 0 atom stereocenters. The second-order valence-corrected chi connectivity index (χ2v) is 9.93. The van der Waals surface area contributed by atoms with Gasteiger partial charge in [0.05, 0.1) is 8.42 Å². The van der Waals surface area contributed by atoms with Gasteiger partial charge in [-0.1, -0.05) is 35.5 Å². The summed E-state index contributed by atoms with van der Waals surface area (Å²) < 4.78 is 2.65. The van der Waals surface area contributed by atoms with Crippen molar-refractivity contribution in [3.8, 4) is 0 Å². The van der Waals surface area contributed by atoms with E-state index in [4.69, 9.17) is 23.2 Å². The van der Waals surface area contributed by atoms with Gasteiger partial charge in [0.15, 0.2) is 0 Å². The van der Waals surface area contributed by atoms with Gasteiger partial charge in [-0.15, -0.1) is 46.7 Å². The molecule has 0 radical (unpaired) electrons. The molecule has 0 N–H and O–H groups in total. The van der Waals surface area contributed by atoms with Crippen molar-refractivity contribution in [3.05, 3.63) is 8.85 Å². The van der Waals surface area contributed by atoms with Gasteiger partial charge in [-0.05, 0) is 37.2 Å². The highest BCUT2D eigenvalue weighted by atomic mass is 35.5. The van der Waals surface area contributed by atoms with Crippen LogP contribution in [0.2, 0.25) is 0 Å². The summed E-state index contributed by atoms with van der Waals surface area (Å²) >= 11 is 17.8. The Morgan fingerprint density at radius 1 is 0.750 bits per heavy atom. The van der Waals surface area contributed by atoms with Crippen molar-refractivity contribution >= 4 is 69.4 Å². The van der Waals surface area contributed by atoms with E-state index >= 15 is 0 Å². The molecule has 7 heteroatoms. The smallest absolute Gasteiger partial charge is 0.265 e. The molecule has 1 heterocycles. The Balaban J connectivity index is 2.29. The van der Waals surface area contributed by atoms with Crippen LogP contribution in [-0.2, 0) is 0 Å². The van der Waals surface area contributed by atoms with Crippen LogP contribution in [0.4, 0.5) is 0 Å². The number of hydrogen-bond acceptors (Lipinski definition) is 5. The molecule has 1 aromatic heterocycles. The van der Waals surface area contributed by atoms with Gasteiger partial charge in [0, 0.05) is 11.8 Å². The minimum Gasteiger partial charge on any atom is -0.265 e. The molecule has 0 aliphatic carbocycles. The molecule has 0 saturated carbocycles. The maximum absolute atomic E-state index is 11.6. The number of halogens is 2. The van der Waals surface area contributed by atoms with Crippen LogP contribution in [0.25, 0.3) is 0 Å². The largest absolute Gasteiger partial charge is 0.289 e. The van der Waals surface area contributed by atoms with Crippen LogP contribution in [0.1, 0.15) is 38.5 Å². The summed E-state index contributed by atoms with van der Waals surface area (Å²) in [5.74, 6) is 3.67. The topological polar surface area (TPSA) is 17.1 Å². The molecule has 0 bridgehead atoms. The van der Waals surface area contributed by atoms with E-state index in [-0.39, 0.29) is 4.06 Å². The van der Waals surface area contributed by atoms with E-state index in [2.05, 4.69) is 0 Å². The Morgan fingerprint density at radius 2 is 1.20 bits per heavy atom. The molecule has 1 aromatic rings. The average Bonchev–Trinajstić information content (AvgIpc) is 2.79. The monoisotopic (exact) mass is 390 g/mol. The molecular weight excluding hydrogens is 371 g/mol. The van der Waals surface area contributed by atoms with Crippen LogP contribution >= 0.6 is 69.4 Å². The first-order valence-electron chi connectivity index (χ1n) is 6.79. The highest BCUT2D eigenvalue weighted by Crippen LogP contribution is 2.37. The third kappa shape index (κ3) is 8.54. The zero-order chi connectivity index (χ0) is 14.6. The molecule has 20 heavy (non-hydrogen) atoms. The molecule has 0 aliphatic heterocycles. The summed E-state index contributed by atoms with van der Waals surface area (Å²) in [6.07, 6.45) is 6.88. The van der Waals surface area contributed by atoms with Gasteiger partial charge in [0.2, 0.25) is 0 Å². The molecule has 1 rings (SSSR count). The molecular formula is C13H20Cl2OS4. The molecule has 0 amide bonds. The van der Waals surface area contributed by atoms with Crippen molar-refractivity contribution in [1.29, 1.82) is 0 Å². The summed E-state index contributed by atoms with van der Waals surface area (Å²) in [4.78, 5) is 11.6. The van der Waals surface area contributed by atoms with E-state index in [0.717, 1.165) is 36.1 Å². The summed E-state index contributed by atoms with van der Waals surface area (Å²) in [6.45, 7) is 0. The fourth-order valence-electron chi connectivity index (χ4n) is 1.51. The molecule has 0 aromatic carbocycles. The molecule has 0 unspecified atom stereocenters. The van der Waals surface area contributed by atoms with Crippen LogP contribution in [0.15, 0.2) is 13.2 Å². The lowest BCUT2D eigenvalue weighted by Crippen LogP contribution is -1.83. The standard InChI is InChI=1S/C13H20Cl2OS4/c14-7-3-1-5-9-17-11-12(20-13(16)19-11)18-10-6-2-4-8-15/h1-10H2. The van der Waals surface area contributed by atoms with Gasteiger partial charge in [0.1, 0.15) is 0 Å². The number of rotatable bonds is 12. The Bertz CT molecular complexity index is 371. The van der Waals surface area contributed by atoms with E-state index in [1.165, 1.54) is 56.8 Å². The van der Waals surface area contributed by atoms with Crippen molar-refractivity contribution < 1.29 is 0 Å². The van der Waals surface area contributed by atoms with Crippen LogP contribution in [-0.4, -0.2) is 23.3 Å². The second kappa shape index (κ2) is 12.7. The molecule has 1 nitrogen and oxygen atoms in total. The molecule has 116 valence electrons. The zero-order valence-corrected chi connectivity index (χ0v) is 16.1. The van der Waals surface area contributed by atoms with E-state index in [0.29, 0.717) is 0 Å². The van der Waals surface area contributed by atoms with Gasteiger partial charge in [-0.3, -0.25) is 4.79 Å². The van der Waals surface area contributed by atoms with Gasteiger partial charge in [-0.25, -0.2) is 0 Å². The molecule has 0 aliphatic rings. The van der Waals surface area contributed by atoms with E-state index < -0.39 is 0 Å².